The Bertz CT molecular complexity index is 470. The van der Waals surface area contributed by atoms with Crippen LogP contribution in [0.15, 0.2) is 11.1 Å². The van der Waals surface area contributed by atoms with Crippen molar-refractivity contribution in [1.29, 1.82) is 0 Å². The van der Waals surface area contributed by atoms with E-state index in [0.717, 1.165) is 5.57 Å². The molecule has 1 atom stereocenters. The van der Waals surface area contributed by atoms with Crippen LogP contribution in [0.4, 0.5) is 0 Å². The van der Waals surface area contributed by atoms with Crippen molar-refractivity contribution in [2.45, 2.75) is 40.0 Å². The van der Waals surface area contributed by atoms with Crippen molar-refractivity contribution >= 4 is 17.7 Å². The second-order valence-electron chi connectivity index (χ2n) is 5.38. The molecule has 5 nitrogen and oxygen atoms in total. The smallest absolute Gasteiger partial charge is 0.323 e. The predicted octanol–water partition coefficient (Wildman–Crippen LogP) is 1.80. The van der Waals surface area contributed by atoms with Crippen LogP contribution in [-0.4, -0.2) is 30.9 Å². The highest BCUT2D eigenvalue weighted by atomic mass is 16.6. The summed E-state index contributed by atoms with van der Waals surface area (Å²) >= 11 is 0. The van der Waals surface area contributed by atoms with Gasteiger partial charge in [0, 0.05) is 6.42 Å². The molecule has 0 bridgehead atoms. The lowest BCUT2D eigenvalue weighted by Crippen LogP contribution is -2.40. The molecule has 0 saturated heterocycles. The average molecular weight is 280 g/mol. The third-order valence-corrected chi connectivity index (χ3v) is 4.24. The van der Waals surface area contributed by atoms with Crippen LogP contribution >= 0.6 is 0 Å². The van der Waals surface area contributed by atoms with E-state index in [0.29, 0.717) is 18.4 Å². The van der Waals surface area contributed by atoms with Gasteiger partial charge in [0.15, 0.2) is 11.2 Å². The van der Waals surface area contributed by atoms with Crippen LogP contribution in [0.5, 0.6) is 0 Å². The van der Waals surface area contributed by atoms with Gasteiger partial charge in [-0.05, 0) is 45.1 Å². The number of Topliss-reactive ketones (excluding diaryl/α,β-unsaturated/α-hetero) is 1. The molecule has 2 aliphatic carbocycles. The summed E-state index contributed by atoms with van der Waals surface area (Å²) in [6, 6.07) is 0. The number of carbonyl (C=O) groups is 3. The van der Waals surface area contributed by atoms with E-state index in [1.54, 1.807) is 20.8 Å². The van der Waals surface area contributed by atoms with Crippen LogP contribution in [0.1, 0.15) is 40.0 Å². The van der Waals surface area contributed by atoms with Crippen molar-refractivity contribution in [1.82, 2.24) is 0 Å². The molecule has 1 fully saturated rings. The lowest BCUT2D eigenvalue weighted by molar-refractivity contribution is -0.171. The van der Waals surface area contributed by atoms with Crippen LogP contribution < -0.4 is 0 Å². The topological polar surface area (TPSA) is 69.7 Å². The van der Waals surface area contributed by atoms with Gasteiger partial charge in [0.2, 0.25) is 0 Å². The van der Waals surface area contributed by atoms with E-state index in [1.165, 1.54) is 0 Å². The zero-order valence-electron chi connectivity index (χ0n) is 12.2. The molecule has 0 radical (unpaired) electrons. The molecule has 0 aromatic heterocycles. The predicted molar refractivity (Wildman–Crippen MR) is 70.7 cm³/mol. The van der Waals surface area contributed by atoms with Gasteiger partial charge in [-0.15, -0.1) is 0 Å². The number of allylic oxidation sites excluding steroid dienone is 2. The summed E-state index contributed by atoms with van der Waals surface area (Å²) in [4.78, 5) is 36.2. The normalized spacial score (nSPS) is 23.8. The minimum Gasteiger partial charge on any atom is -0.465 e. The number of rotatable bonds is 4. The van der Waals surface area contributed by atoms with Gasteiger partial charge in [-0.2, -0.15) is 0 Å². The molecule has 0 amide bonds. The Labute approximate surface area is 118 Å². The first-order valence-electron chi connectivity index (χ1n) is 7.03. The Hall–Kier alpha value is -1.65. The zero-order valence-corrected chi connectivity index (χ0v) is 12.2. The highest BCUT2D eigenvalue weighted by Crippen LogP contribution is 2.52. The molecule has 0 aliphatic heterocycles. The maximum absolute atomic E-state index is 12.3. The van der Waals surface area contributed by atoms with Crippen molar-refractivity contribution < 1.29 is 23.9 Å². The summed E-state index contributed by atoms with van der Waals surface area (Å²) in [5, 5.41) is 0. The highest BCUT2D eigenvalue weighted by molar-refractivity contribution is 6.04. The number of ketones is 1. The van der Waals surface area contributed by atoms with Crippen LogP contribution in [0, 0.1) is 11.3 Å². The van der Waals surface area contributed by atoms with Crippen molar-refractivity contribution in [3.8, 4) is 0 Å². The number of hydrogen-bond donors (Lipinski definition) is 0. The summed E-state index contributed by atoms with van der Waals surface area (Å²) in [7, 11) is 0. The molecule has 0 aromatic carbocycles. The van der Waals surface area contributed by atoms with Crippen LogP contribution in [-0.2, 0) is 23.9 Å². The van der Waals surface area contributed by atoms with Gasteiger partial charge in [0.1, 0.15) is 0 Å². The maximum Gasteiger partial charge on any atom is 0.323 e. The molecule has 2 rings (SSSR count). The molecule has 0 heterocycles. The Morgan fingerprint density at radius 3 is 2.20 bits per heavy atom. The number of fused-ring (bicyclic) bond motifs is 1. The van der Waals surface area contributed by atoms with Gasteiger partial charge >= 0.3 is 11.9 Å². The lowest BCUT2D eigenvalue weighted by Gasteiger charge is -2.24. The van der Waals surface area contributed by atoms with E-state index >= 15 is 0 Å². The molecule has 0 unspecified atom stereocenters. The summed E-state index contributed by atoms with van der Waals surface area (Å²) < 4.78 is 10.2. The monoisotopic (exact) mass is 280 g/mol. The fraction of sp³-hybridized carbons (Fsp3) is 0.667. The summed E-state index contributed by atoms with van der Waals surface area (Å²) in [5.74, 6) is -0.955. The Morgan fingerprint density at radius 2 is 1.75 bits per heavy atom. The summed E-state index contributed by atoms with van der Waals surface area (Å²) in [6.45, 7) is 5.63. The van der Waals surface area contributed by atoms with Crippen LogP contribution in [0.25, 0.3) is 0 Å². The van der Waals surface area contributed by atoms with E-state index in [4.69, 9.17) is 9.47 Å². The molecule has 0 N–H and O–H groups in total. The van der Waals surface area contributed by atoms with Crippen LogP contribution in [0.3, 0.4) is 0 Å². The number of esters is 2. The van der Waals surface area contributed by atoms with Gasteiger partial charge in [-0.1, -0.05) is 5.57 Å². The lowest BCUT2D eigenvalue weighted by atomic mass is 9.83. The average Bonchev–Trinajstić information content (AvgIpc) is 2.89. The molecule has 110 valence electrons. The third-order valence-electron chi connectivity index (χ3n) is 4.24. The quantitative estimate of drug-likeness (QED) is 0.580. The van der Waals surface area contributed by atoms with Gasteiger partial charge < -0.3 is 9.47 Å². The maximum atomic E-state index is 12.3. The number of ether oxygens (including phenoxy) is 2. The van der Waals surface area contributed by atoms with E-state index < -0.39 is 17.4 Å². The second-order valence-corrected chi connectivity index (χ2v) is 5.38. The van der Waals surface area contributed by atoms with Gasteiger partial charge in [-0.3, -0.25) is 14.4 Å². The van der Waals surface area contributed by atoms with Crippen molar-refractivity contribution in [2.75, 3.05) is 13.2 Å². The highest BCUT2D eigenvalue weighted by Gasteiger charge is 2.57. The molecular weight excluding hydrogens is 260 g/mol. The van der Waals surface area contributed by atoms with Gasteiger partial charge in [0.25, 0.3) is 0 Å². The SMILES string of the molecule is CCOC(=O)C1(C(=O)OCC)CC2=C(C)C(=O)C[C@@H]2C1. The van der Waals surface area contributed by atoms with E-state index in [2.05, 4.69) is 0 Å². The minimum atomic E-state index is -1.26. The largest absolute Gasteiger partial charge is 0.465 e. The van der Waals surface area contributed by atoms with Crippen molar-refractivity contribution in [3.05, 3.63) is 11.1 Å². The molecule has 0 aromatic rings. The van der Waals surface area contributed by atoms with Crippen LogP contribution in [0.2, 0.25) is 0 Å². The standard InChI is InChI=1S/C15H20O5/c1-4-19-13(17)15(14(18)20-5-2)7-10-6-12(16)9(3)11(10)8-15/h10H,4-8H2,1-3H3/t10-/m1/s1. The summed E-state index contributed by atoms with van der Waals surface area (Å²) in [5.41, 5.74) is 0.370. The van der Waals surface area contributed by atoms with E-state index in [1.807, 2.05) is 0 Å². The Morgan fingerprint density at radius 1 is 1.20 bits per heavy atom. The first-order valence-corrected chi connectivity index (χ1v) is 7.03. The number of hydrogen-bond acceptors (Lipinski definition) is 5. The third kappa shape index (κ3) is 2.15. The minimum absolute atomic E-state index is 0.0173. The zero-order chi connectivity index (χ0) is 14.9. The van der Waals surface area contributed by atoms with Crippen molar-refractivity contribution in [3.63, 3.8) is 0 Å². The van der Waals surface area contributed by atoms with Gasteiger partial charge in [0.05, 0.1) is 13.2 Å². The first-order chi connectivity index (χ1) is 9.46. The Balaban J connectivity index is 2.34. The first kappa shape index (κ1) is 14.8. The molecule has 0 spiro atoms. The van der Waals surface area contributed by atoms with Gasteiger partial charge in [-0.25, -0.2) is 0 Å². The second kappa shape index (κ2) is 5.38. The van der Waals surface area contributed by atoms with E-state index in [9.17, 15) is 14.4 Å². The number of carbonyl (C=O) groups excluding carboxylic acids is 3. The molecule has 20 heavy (non-hydrogen) atoms. The summed E-state index contributed by atoms with van der Waals surface area (Å²) in [6.07, 6.45) is 0.970. The molecule has 5 heteroatoms. The molecular formula is C15H20O5. The molecule has 2 aliphatic rings. The van der Waals surface area contributed by atoms with E-state index in [-0.39, 0.29) is 31.3 Å². The fourth-order valence-corrected chi connectivity index (χ4v) is 3.21. The molecule has 1 saturated carbocycles. The van der Waals surface area contributed by atoms with Crippen molar-refractivity contribution in [2.24, 2.45) is 11.3 Å². The Kier molecular flexibility index (Phi) is 3.97. The fourth-order valence-electron chi connectivity index (χ4n) is 3.21.